The van der Waals surface area contributed by atoms with Gasteiger partial charge in [0.25, 0.3) is 5.91 Å². The molecule has 6 nitrogen and oxygen atoms in total. The molecule has 1 aliphatic heterocycles. The van der Waals surface area contributed by atoms with Gasteiger partial charge in [0, 0.05) is 31.1 Å². The number of carbonyl (C=O) groups excluding carboxylic acids is 3. The Morgan fingerprint density at radius 2 is 1.63 bits per heavy atom. The Morgan fingerprint density at radius 3 is 2.33 bits per heavy atom. The van der Waals surface area contributed by atoms with E-state index >= 15 is 0 Å². The lowest BCUT2D eigenvalue weighted by Crippen LogP contribution is -2.49. The van der Waals surface area contributed by atoms with Crippen molar-refractivity contribution >= 4 is 17.7 Å². The first-order valence-corrected chi connectivity index (χ1v) is 10.5. The lowest BCUT2D eigenvalue weighted by molar-refractivity contribution is -0.131. The van der Waals surface area contributed by atoms with Gasteiger partial charge in [-0.15, -0.1) is 0 Å². The quantitative estimate of drug-likeness (QED) is 0.740. The summed E-state index contributed by atoms with van der Waals surface area (Å²) in [7, 11) is 0. The normalized spacial score (nSPS) is 14.2. The number of piperidine rings is 1. The first-order chi connectivity index (χ1) is 14.5. The maximum atomic E-state index is 12.4. The third-order valence-electron chi connectivity index (χ3n) is 5.49. The minimum Gasteiger partial charge on any atom is -0.353 e. The average molecular weight is 408 g/mol. The van der Waals surface area contributed by atoms with Gasteiger partial charge in [-0.1, -0.05) is 48.5 Å². The molecule has 0 aliphatic carbocycles. The molecule has 30 heavy (non-hydrogen) atoms. The van der Waals surface area contributed by atoms with Gasteiger partial charge < -0.3 is 15.5 Å². The summed E-state index contributed by atoms with van der Waals surface area (Å²) in [4.78, 5) is 38.6. The Bertz CT molecular complexity index is 874. The standard InChI is InChI=1S/C24H29N3O3/c1-18-7-5-6-10-21(18)24(30)25-17-23(29)27-15-13-20(14-16-27)26-22(28)12-11-19-8-3-2-4-9-19/h2-10,20H,11-17H2,1H3,(H,25,30)(H,26,28). The molecule has 0 unspecified atom stereocenters. The zero-order valence-electron chi connectivity index (χ0n) is 17.4. The Balaban J connectivity index is 1.36. The minimum absolute atomic E-state index is 0.0126. The lowest BCUT2D eigenvalue weighted by atomic mass is 10.0. The Morgan fingerprint density at radius 1 is 0.967 bits per heavy atom. The SMILES string of the molecule is Cc1ccccc1C(=O)NCC(=O)N1CCC(NC(=O)CCc2ccccc2)CC1. The van der Waals surface area contributed by atoms with Gasteiger partial charge in [0.05, 0.1) is 6.54 Å². The van der Waals surface area contributed by atoms with E-state index in [4.69, 9.17) is 0 Å². The average Bonchev–Trinajstić information content (AvgIpc) is 2.77. The molecule has 0 radical (unpaired) electrons. The van der Waals surface area contributed by atoms with Crippen molar-refractivity contribution in [3.8, 4) is 0 Å². The first-order valence-electron chi connectivity index (χ1n) is 10.5. The van der Waals surface area contributed by atoms with Crippen molar-refractivity contribution in [2.24, 2.45) is 0 Å². The molecule has 1 fully saturated rings. The number of likely N-dealkylation sites (tertiary alicyclic amines) is 1. The van der Waals surface area contributed by atoms with Gasteiger partial charge in [0.15, 0.2) is 0 Å². The van der Waals surface area contributed by atoms with E-state index in [-0.39, 0.29) is 30.3 Å². The highest BCUT2D eigenvalue weighted by molar-refractivity contribution is 5.97. The molecule has 1 heterocycles. The van der Waals surface area contributed by atoms with Crippen LogP contribution in [0.15, 0.2) is 54.6 Å². The fraction of sp³-hybridized carbons (Fsp3) is 0.375. The van der Waals surface area contributed by atoms with Crippen molar-refractivity contribution in [2.45, 2.75) is 38.6 Å². The van der Waals surface area contributed by atoms with E-state index in [1.165, 1.54) is 0 Å². The van der Waals surface area contributed by atoms with Gasteiger partial charge in [-0.3, -0.25) is 14.4 Å². The van der Waals surface area contributed by atoms with Crippen LogP contribution in [0.3, 0.4) is 0 Å². The number of aryl methyl sites for hydroxylation is 2. The monoisotopic (exact) mass is 407 g/mol. The predicted molar refractivity (Wildman–Crippen MR) is 116 cm³/mol. The van der Waals surface area contributed by atoms with Gasteiger partial charge >= 0.3 is 0 Å². The molecule has 6 heteroatoms. The van der Waals surface area contributed by atoms with E-state index in [1.807, 2.05) is 55.5 Å². The van der Waals surface area contributed by atoms with Gasteiger partial charge in [-0.2, -0.15) is 0 Å². The molecule has 3 rings (SSSR count). The van der Waals surface area contributed by atoms with Crippen LogP contribution in [0.25, 0.3) is 0 Å². The van der Waals surface area contributed by atoms with E-state index in [0.717, 1.165) is 30.4 Å². The van der Waals surface area contributed by atoms with E-state index in [2.05, 4.69) is 10.6 Å². The molecular weight excluding hydrogens is 378 g/mol. The van der Waals surface area contributed by atoms with Crippen LogP contribution in [0.2, 0.25) is 0 Å². The zero-order valence-corrected chi connectivity index (χ0v) is 17.4. The highest BCUT2D eigenvalue weighted by Crippen LogP contribution is 2.12. The van der Waals surface area contributed by atoms with Crippen LogP contribution >= 0.6 is 0 Å². The van der Waals surface area contributed by atoms with E-state index < -0.39 is 0 Å². The van der Waals surface area contributed by atoms with E-state index in [9.17, 15) is 14.4 Å². The molecule has 0 atom stereocenters. The topological polar surface area (TPSA) is 78.5 Å². The Hall–Kier alpha value is -3.15. The van der Waals surface area contributed by atoms with Gasteiger partial charge in [-0.05, 0) is 43.4 Å². The van der Waals surface area contributed by atoms with Crippen LogP contribution in [-0.2, 0) is 16.0 Å². The summed E-state index contributed by atoms with van der Waals surface area (Å²) in [5, 5.41) is 5.79. The van der Waals surface area contributed by atoms with Crippen molar-refractivity contribution in [1.82, 2.24) is 15.5 Å². The highest BCUT2D eigenvalue weighted by atomic mass is 16.2. The molecule has 2 N–H and O–H groups in total. The van der Waals surface area contributed by atoms with Crippen LogP contribution in [0.4, 0.5) is 0 Å². The van der Waals surface area contributed by atoms with Gasteiger partial charge in [-0.25, -0.2) is 0 Å². The van der Waals surface area contributed by atoms with Gasteiger partial charge in [0.2, 0.25) is 11.8 Å². The van der Waals surface area contributed by atoms with Crippen LogP contribution in [0, 0.1) is 6.92 Å². The van der Waals surface area contributed by atoms with Crippen LogP contribution < -0.4 is 10.6 Å². The van der Waals surface area contributed by atoms with Crippen molar-refractivity contribution in [1.29, 1.82) is 0 Å². The number of hydrogen-bond donors (Lipinski definition) is 2. The molecule has 0 bridgehead atoms. The molecule has 0 spiro atoms. The van der Waals surface area contributed by atoms with E-state index in [0.29, 0.717) is 25.1 Å². The van der Waals surface area contributed by atoms with E-state index in [1.54, 1.807) is 11.0 Å². The molecule has 2 aromatic rings. The minimum atomic E-state index is -0.234. The summed E-state index contributed by atoms with van der Waals surface area (Å²) in [5.41, 5.74) is 2.62. The van der Waals surface area contributed by atoms with Crippen molar-refractivity contribution < 1.29 is 14.4 Å². The highest BCUT2D eigenvalue weighted by Gasteiger charge is 2.24. The molecule has 158 valence electrons. The molecule has 0 saturated carbocycles. The number of amides is 3. The van der Waals surface area contributed by atoms with Crippen molar-refractivity contribution in [2.75, 3.05) is 19.6 Å². The van der Waals surface area contributed by atoms with Gasteiger partial charge in [0.1, 0.15) is 0 Å². The zero-order chi connectivity index (χ0) is 21.3. The largest absolute Gasteiger partial charge is 0.353 e. The number of carbonyl (C=O) groups is 3. The number of benzene rings is 2. The Labute approximate surface area is 177 Å². The van der Waals surface area contributed by atoms with Crippen LogP contribution in [0.5, 0.6) is 0 Å². The maximum absolute atomic E-state index is 12.4. The molecule has 1 saturated heterocycles. The molecule has 0 aromatic heterocycles. The number of nitrogens with one attached hydrogen (secondary N) is 2. The smallest absolute Gasteiger partial charge is 0.251 e. The number of nitrogens with zero attached hydrogens (tertiary/aromatic N) is 1. The molecular formula is C24H29N3O3. The number of hydrogen-bond acceptors (Lipinski definition) is 3. The second-order valence-electron chi connectivity index (χ2n) is 7.71. The molecule has 1 aliphatic rings. The maximum Gasteiger partial charge on any atom is 0.251 e. The summed E-state index contributed by atoms with van der Waals surface area (Å²) < 4.78 is 0. The van der Waals surface area contributed by atoms with Crippen molar-refractivity contribution in [3.05, 3.63) is 71.3 Å². The second kappa shape index (κ2) is 10.6. The molecule has 2 aromatic carbocycles. The molecule has 3 amide bonds. The van der Waals surface area contributed by atoms with Crippen LogP contribution in [-0.4, -0.2) is 48.3 Å². The summed E-state index contributed by atoms with van der Waals surface area (Å²) >= 11 is 0. The second-order valence-corrected chi connectivity index (χ2v) is 7.71. The fourth-order valence-electron chi connectivity index (χ4n) is 3.67. The Kier molecular flexibility index (Phi) is 7.60. The van der Waals surface area contributed by atoms with Crippen molar-refractivity contribution in [3.63, 3.8) is 0 Å². The summed E-state index contributed by atoms with van der Waals surface area (Å²) in [6, 6.07) is 17.4. The third-order valence-corrected chi connectivity index (χ3v) is 5.49. The summed E-state index contributed by atoms with van der Waals surface area (Å²) in [6.45, 7) is 3.03. The lowest BCUT2D eigenvalue weighted by Gasteiger charge is -2.32. The van der Waals surface area contributed by atoms with Crippen LogP contribution in [0.1, 0.15) is 40.7 Å². The third kappa shape index (κ3) is 6.17. The number of rotatable bonds is 7. The predicted octanol–water partition coefficient (Wildman–Crippen LogP) is 2.46. The summed E-state index contributed by atoms with van der Waals surface area (Å²) in [6.07, 6.45) is 2.65. The summed E-state index contributed by atoms with van der Waals surface area (Å²) in [5.74, 6) is -0.276. The first kappa shape index (κ1) is 21.6. The fourth-order valence-corrected chi connectivity index (χ4v) is 3.67.